The Morgan fingerprint density at radius 2 is 1.81 bits per heavy atom. The second kappa shape index (κ2) is 8.52. The van der Waals surface area contributed by atoms with Gasteiger partial charge in [-0.1, -0.05) is 12.1 Å². The second-order valence-corrected chi connectivity index (χ2v) is 6.38. The van der Waals surface area contributed by atoms with Crippen molar-refractivity contribution in [1.82, 2.24) is 4.98 Å². The van der Waals surface area contributed by atoms with Gasteiger partial charge in [-0.2, -0.15) is 0 Å². The number of nitrogens with zero attached hydrogens (tertiary/aromatic N) is 1. The van der Waals surface area contributed by atoms with Crippen LogP contribution in [0.2, 0.25) is 0 Å². The number of anilines is 1. The number of rotatable bonds is 6. The molecule has 6 nitrogen and oxygen atoms in total. The number of ether oxygens (including phenoxy) is 1. The Kier molecular flexibility index (Phi) is 5.90. The molecule has 0 aliphatic carbocycles. The largest absolute Gasteiger partial charge is 0.452 e. The highest BCUT2D eigenvalue weighted by Crippen LogP contribution is 2.24. The number of nitrogens with one attached hydrogen (secondary N) is 1. The van der Waals surface area contributed by atoms with Gasteiger partial charge in [0.05, 0.1) is 17.9 Å². The van der Waals surface area contributed by atoms with E-state index >= 15 is 0 Å². The predicted molar refractivity (Wildman–Crippen MR) is 98.8 cm³/mol. The first-order valence-corrected chi connectivity index (χ1v) is 8.81. The summed E-state index contributed by atoms with van der Waals surface area (Å²) in [5, 5.41) is 13.6. The monoisotopic (exact) mass is 386 g/mol. The van der Waals surface area contributed by atoms with Crippen molar-refractivity contribution in [2.75, 3.05) is 11.9 Å². The van der Waals surface area contributed by atoms with E-state index in [9.17, 15) is 14.0 Å². The van der Waals surface area contributed by atoms with Crippen LogP contribution >= 0.6 is 11.3 Å². The number of amides is 1. The van der Waals surface area contributed by atoms with E-state index in [1.807, 2.05) is 0 Å². The molecule has 1 aromatic heterocycles. The number of halogens is 1. The first-order chi connectivity index (χ1) is 13.0. The van der Waals surface area contributed by atoms with Crippen LogP contribution in [0.3, 0.4) is 0 Å². The fourth-order valence-electron chi connectivity index (χ4n) is 2.20. The average Bonchev–Trinajstić information content (AvgIpc) is 3.15. The van der Waals surface area contributed by atoms with Crippen LogP contribution in [0, 0.1) is 5.82 Å². The molecule has 3 aromatic rings. The lowest BCUT2D eigenvalue weighted by atomic mass is 10.1. The van der Waals surface area contributed by atoms with Crippen molar-refractivity contribution >= 4 is 28.3 Å². The van der Waals surface area contributed by atoms with Gasteiger partial charge in [0.1, 0.15) is 5.82 Å². The number of carbonyl (C=O) groups is 2. The topological polar surface area (TPSA) is 88.5 Å². The molecule has 8 heteroatoms. The highest BCUT2D eigenvalue weighted by Gasteiger charge is 2.12. The van der Waals surface area contributed by atoms with E-state index in [1.165, 1.54) is 35.6 Å². The third kappa shape index (κ3) is 4.96. The van der Waals surface area contributed by atoms with E-state index in [4.69, 9.17) is 9.84 Å². The molecule has 0 fully saturated rings. The van der Waals surface area contributed by atoms with Crippen molar-refractivity contribution in [1.29, 1.82) is 0 Å². The van der Waals surface area contributed by atoms with Gasteiger partial charge in [-0.25, -0.2) is 14.2 Å². The van der Waals surface area contributed by atoms with Gasteiger partial charge in [0.15, 0.2) is 11.7 Å². The fraction of sp³-hybridized carbons (Fsp3) is 0.105. The van der Waals surface area contributed by atoms with E-state index in [-0.39, 0.29) is 18.0 Å². The van der Waals surface area contributed by atoms with E-state index in [0.29, 0.717) is 16.4 Å². The molecule has 27 heavy (non-hydrogen) atoms. The predicted octanol–water partition coefficient (Wildman–Crippen LogP) is 3.24. The van der Waals surface area contributed by atoms with Crippen molar-refractivity contribution in [2.45, 2.75) is 6.61 Å². The van der Waals surface area contributed by atoms with Crippen LogP contribution in [-0.4, -0.2) is 28.6 Å². The first-order valence-electron chi connectivity index (χ1n) is 7.93. The average molecular weight is 386 g/mol. The minimum Gasteiger partial charge on any atom is -0.452 e. The third-order valence-electron chi connectivity index (χ3n) is 3.60. The maximum Gasteiger partial charge on any atom is 0.338 e. The Morgan fingerprint density at radius 1 is 1.11 bits per heavy atom. The highest BCUT2D eigenvalue weighted by atomic mass is 32.1. The van der Waals surface area contributed by atoms with Crippen LogP contribution in [0.4, 0.5) is 9.52 Å². The number of hydrogen-bond acceptors (Lipinski definition) is 6. The fourth-order valence-corrected chi connectivity index (χ4v) is 2.94. The smallest absolute Gasteiger partial charge is 0.338 e. The molecule has 0 saturated heterocycles. The van der Waals surface area contributed by atoms with E-state index < -0.39 is 18.5 Å². The van der Waals surface area contributed by atoms with Crippen LogP contribution < -0.4 is 5.32 Å². The Labute approximate surface area is 158 Å². The zero-order valence-electron chi connectivity index (χ0n) is 14.0. The molecule has 0 bridgehead atoms. The number of thiazole rings is 1. The molecule has 0 unspecified atom stereocenters. The maximum absolute atomic E-state index is 13.0. The van der Waals surface area contributed by atoms with Crippen molar-refractivity contribution in [3.8, 4) is 11.3 Å². The number of aliphatic hydroxyl groups is 1. The van der Waals surface area contributed by atoms with E-state index in [0.717, 1.165) is 5.56 Å². The summed E-state index contributed by atoms with van der Waals surface area (Å²) in [7, 11) is 0. The van der Waals surface area contributed by atoms with Gasteiger partial charge < -0.3 is 9.84 Å². The van der Waals surface area contributed by atoms with Crippen molar-refractivity contribution in [3.63, 3.8) is 0 Å². The SMILES string of the molecule is O=C(COC(=O)c1ccc(CO)cc1)Nc1nc(-c2ccc(F)cc2)cs1. The Morgan fingerprint density at radius 3 is 2.48 bits per heavy atom. The standard InChI is InChI=1S/C19H15FN2O4S/c20-15-7-5-13(6-8-15)16-11-27-19(21-16)22-17(24)10-26-18(25)14-3-1-12(9-23)2-4-14/h1-8,11,23H,9-10H2,(H,21,22,24). The molecule has 138 valence electrons. The lowest BCUT2D eigenvalue weighted by molar-refractivity contribution is -0.119. The molecule has 0 aliphatic heterocycles. The molecule has 0 atom stereocenters. The molecule has 0 spiro atoms. The van der Waals surface area contributed by atoms with Crippen molar-refractivity contribution < 1.29 is 23.8 Å². The normalized spacial score (nSPS) is 10.4. The maximum atomic E-state index is 13.0. The summed E-state index contributed by atoms with van der Waals surface area (Å²) in [5.41, 5.74) is 2.29. The van der Waals surface area contributed by atoms with E-state index in [1.54, 1.807) is 29.6 Å². The molecular weight excluding hydrogens is 371 g/mol. The summed E-state index contributed by atoms with van der Waals surface area (Å²) < 4.78 is 17.9. The summed E-state index contributed by atoms with van der Waals surface area (Å²) >= 11 is 1.21. The molecule has 0 aliphatic rings. The molecule has 1 amide bonds. The van der Waals surface area contributed by atoms with Gasteiger partial charge in [0, 0.05) is 10.9 Å². The lowest BCUT2D eigenvalue weighted by Crippen LogP contribution is -2.20. The molecule has 0 saturated carbocycles. The van der Waals surface area contributed by atoms with Crippen LogP contribution in [0.15, 0.2) is 53.9 Å². The highest BCUT2D eigenvalue weighted by molar-refractivity contribution is 7.14. The lowest BCUT2D eigenvalue weighted by Gasteiger charge is -2.05. The number of aromatic nitrogens is 1. The minimum atomic E-state index is -0.638. The summed E-state index contributed by atoms with van der Waals surface area (Å²) in [6.45, 7) is -0.572. The molecule has 0 radical (unpaired) electrons. The van der Waals surface area contributed by atoms with Crippen LogP contribution in [0.5, 0.6) is 0 Å². The second-order valence-electron chi connectivity index (χ2n) is 5.52. The Hall–Kier alpha value is -3.10. The Balaban J connectivity index is 1.53. The van der Waals surface area contributed by atoms with Gasteiger partial charge in [-0.15, -0.1) is 11.3 Å². The molecule has 2 N–H and O–H groups in total. The Bertz CT molecular complexity index is 939. The first kappa shape index (κ1) is 18.7. The zero-order chi connectivity index (χ0) is 19.2. The zero-order valence-corrected chi connectivity index (χ0v) is 14.8. The number of esters is 1. The quantitative estimate of drug-likeness (QED) is 0.635. The number of aliphatic hydroxyl groups excluding tert-OH is 1. The van der Waals surface area contributed by atoms with Gasteiger partial charge in [0.25, 0.3) is 5.91 Å². The van der Waals surface area contributed by atoms with Crippen molar-refractivity contribution in [2.24, 2.45) is 0 Å². The van der Waals surface area contributed by atoms with Crippen LogP contribution in [0.1, 0.15) is 15.9 Å². The molecular formula is C19H15FN2O4S. The van der Waals surface area contributed by atoms with Gasteiger partial charge in [0.2, 0.25) is 0 Å². The van der Waals surface area contributed by atoms with E-state index in [2.05, 4.69) is 10.3 Å². The summed E-state index contributed by atoms with van der Waals surface area (Å²) in [4.78, 5) is 28.1. The third-order valence-corrected chi connectivity index (χ3v) is 4.35. The van der Waals surface area contributed by atoms with Gasteiger partial charge in [-0.05, 0) is 42.0 Å². The molecule has 2 aromatic carbocycles. The van der Waals surface area contributed by atoms with Gasteiger partial charge in [-0.3, -0.25) is 10.1 Å². The van der Waals surface area contributed by atoms with Crippen molar-refractivity contribution in [3.05, 3.63) is 70.9 Å². The summed E-state index contributed by atoms with van der Waals surface area (Å²) in [5.74, 6) is -1.49. The summed E-state index contributed by atoms with van der Waals surface area (Å²) in [6.07, 6.45) is 0. The van der Waals surface area contributed by atoms with Crippen LogP contribution in [-0.2, 0) is 16.1 Å². The van der Waals surface area contributed by atoms with Crippen LogP contribution in [0.25, 0.3) is 11.3 Å². The number of carbonyl (C=O) groups excluding carboxylic acids is 2. The minimum absolute atomic E-state index is 0.120. The van der Waals surface area contributed by atoms with Gasteiger partial charge >= 0.3 is 5.97 Å². The number of benzene rings is 2. The number of hydrogen-bond donors (Lipinski definition) is 2. The molecule has 3 rings (SSSR count). The summed E-state index contributed by atoms with van der Waals surface area (Å²) in [6, 6.07) is 12.1. The molecule has 1 heterocycles.